The third-order valence-electron chi connectivity index (χ3n) is 3.78. The first kappa shape index (κ1) is 12.6. The monoisotopic (exact) mass is 301 g/mol. The van der Waals surface area contributed by atoms with Crippen LogP contribution in [0.4, 0.5) is 0 Å². The van der Waals surface area contributed by atoms with Gasteiger partial charge < -0.3 is 4.18 Å². The highest BCUT2D eigenvalue weighted by molar-refractivity contribution is 7.85. The summed E-state index contributed by atoms with van der Waals surface area (Å²) in [5.41, 5.74) is 1.24. The van der Waals surface area contributed by atoms with Crippen molar-refractivity contribution in [2.24, 2.45) is 0 Å². The number of hydrogen-bond donors (Lipinski definition) is 0. The van der Waals surface area contributed by atoms with Crippen molar-refractivity contribution in [3.05, 3.63) is 65.7 Å². The SMILES string of the molecule is O=C(c1ccccc1)[C@@H]1[C@H]2c3ccccc3OS(=O)(=O)N12. The molecule has 0 radical (unpaired) electrons. The molecule has 21 heavy (non-hydrogen) atoms. The summed E-state index contributed by atoms with van der Waals surface area (Å²) in [4.78, 5) is 12.5. The Morgan fingerprint density at radius 3 is 2.43 bits per heavy atom. The summed E-state index contributed by atoms with van der Waals surface area (Å²) in [5.74, 6) is 0.103. The standard InChI is InChI=1S/C15H11NO4S/c17-15(10-6-2-1-3-7-10)14-13-11-8-4-5-9-12(11)20-21(18,19)16(13)14/h1-9,13-14H/t13-,14+,16?/m1/s1. The lowest BCUT2D eigenvalue weighted by molar-refractivity contribution is 0.0980. The Morgan fingerprint density at radius 2 is 1.67 bits per heavy atom. The lowest BCUT2D eigenvalue weighted by Gasteiger charge is -2.15. The molecule has 6 heteroatoms. The average Bonchev–Trinajstić information content (AvgIpc) is 3.24. The van der Waals surface area contributed by atoms with Gasteiger partial charge in [0.25, 0.3) is 0 Å². The Balaban J connectivity index is 1.77. The van der Waals surface area contributed by atoms with Gasteiger partial charge >= 0.3 is 10.3 Å². The molecular formula is C15H11NO4S. The molecule has 0 aromatic heterocycles. The minimum Gasteiger partial charge on any atom is -0.370 e. The molecule has 1 saturated heterocycles. The molecule has 2 aliphatic rings. The Bertz CT molecular complexity index is 832. The largest absolute Gasteiger partial charge is 0.386 e. The van der Waals surface area contributed by atoms with Crippen LogP contribution in [-0.4, -0.2) is 24.5 Å². The van der Waals surface area contributed by atoms with Crippen LogP contribution in [0.2, 0.25) is 0 Å². The molecule has 0 bridgehead atoms. The van der Waals surface area contributed by atoms with Crippen LogP contribution in [-0.2, 0) is 10.3 Å². The van der Waals surface area contributed by atoms with Crippen LogP contribution in [0, 0.1) is 0 Å². The Labute approximate surface area is 122 Å². The molecule has 0 saturated carbocycles. The van der Waals surface area contributed by atoms with Crippen LogP contribution in [0.1, 0.15) is 22.0 Å². The minimum absolute atomic E-state index is 0.204. The molecule has 4 rings (SSSR count). The predicted molar refractivity (Wildman–Crippen MR) is 75.1 cm³/mol. The second-order valence-corrected chi connectivity index (χ2v) is 6.47. The van der Waals surface area contributed by atoms with E-state index in [2.05, 4.69) is 0 Å². The average molecular weight is 301 g/mol. The van der Waals surface area contributed by atoms with Crippen molar-refractivity contribution in [2.45, 2.75) is 12.1 Å². The molecular weight excluding hydrogens is 290 g/mol. The lowest BCUT2D eigenvalue weighted by atomic mass is 10.0. The van der Waals surface area contributed by atoms with Gasteiger partial charge in [-0.05, 0) is 6.07 Å². The number of fused-ring (bicyclic) bond motifs is 3. The van der Waals surface area contributed by atoms with E-state index in [0.717, 1.165) is 9.87 Å². The molecule has 1 fully saturated rings. The predicted octanol–water partition coefficient (Wildman–Crippen LogP) is 1.93. The highest BCUT2D eigenvalue weighted by atomic mass is 32.2. The van der Waals surface area contributed by atoms with Crippen molar-refractivity contribution in [2.75, 3.05) is 0 Å². The third kappa shape index (κ3) is 1.80. The Hall–Kier alpha value is -2.18. The number of rotatable bonds is 2. The van der Waals surface area contributed by atoms with Gasteiger partial charge in [-0.25, -0.2) is 0 Å². The molecule has 3 atom stereocenters. The summed E-state index contributed by atoms with van der Waals surface area (Å²) < 4.78 is 30.3. The zero-order valence-electron chi connectivity index (χ0n) is 10.8. The lowest BCUT2D eigenvalue weighted by Crippen LogP contribution is -2.25. The number of benzene rings is 2. The van der Waals surface area contributed by atoms with E-state index in [1.807, 2.05) is 6.07 Å². The second-order valence-electron chi connectivity index (χ2n) is 5.03. The van der Waals surface area contributed by atoms with E-state index < -0.39 is 22.4 Å². The number of ketones is 1. The van der Waals surface area contributed by atoms with Crippen molar-refractivity contribution in [3.63, 3.8) is 0 Å². The summed E-state index contributed by atoms with van der Waals surface area (Å²) in [5, 5.41) is 0. The minimum atomic E-state index is -3.89. The van der Waals surface area contributed by atoms with Crippen molar-refractivity contribution in [1.82, 2.24) is 4.31 Å². The number of carbonyl (C=O) groups excluding carboxylic acids is 1. The number of carbonyl (C=O) groups is 1. The van der Waals surface area contributed by atoms with Crippen LogP contribution >= 0.6 is 0 Å². The van der Waals surface area contributed by atoms with Crippen LogP contribution < -0.4 is 4.18 Å². The molecule has 2 aromatic rings. The number of hydrogen-bond acceptors (Lipinski definition) is 4. The molecule has 0 spiro atoms. The Kier molecular flexibility index (Phi) is 2.49. The second kappa shape index (κ2) is 4.16. The zero-order valence-corrected chi connectivity index (χ0v) is 11.7. The number of para-hydroxylation sites is 1. The fourth-order valence-corrected chi connectivity index (χ4v) is 4.19. The molecule has 2 aromatic carbocycles. The van der Waals surface area contributed by atoms with Gasteiger partial charge in [-0.2, -0.15) is 8.42 Å². The van der Waals surface area contributed by atoms with E-state index in [1.54, 1.807) is 48.5 Å². The number of Topliss-reactive ketones (excluding diaryl/α,β-unsaturated/α-hetero) is 1. The van der Waals surface area contributed by atoms with Crippen LogP contribution in [0.15, 0.2) is 54.6 Å². The van der Waals surface area contributed by atoms with Gasteiger partial charge in [0.05, 0.1) is 6.04 Å². The highest BCUT2D eigenvalue weighted by Crippen LogP contribution is 2.53. The van der Waals surface area contributed by atoms with E-state index in [-0.39, 0.29) is 5.78 Å². The molecule has 5 nitrogen and oxygen atoms in total. The maximum atomic E-state index is 12.5. The van der Waals surface area contributed by atoms with Gasteiger partial charge in [0.2, 0.25) is 0 Å². The van der Waals surface area contributed by atoms with Crippen molar-refractivity contribution in [3.8, 4) is 5.75 Å². The molecule has 0 aliphatic carbocycles. The van der Waals surface area contributed by atoms with Crippen molar-refractivity contribution < 1.29 is 17.4 Å². The van der Waals surface area contributed by atoms with E-state index >= 15 is 0 Å². The smallest absolute Gasteiger partial charge is 0.370 e. The van der Waals surface area contributed by atoms with Crippen molar-refractivity contribution in [1.29, 1.82) is 0 Å². The van der Waals surface area contributed by atoms with Crippen LogP contribution in [0.3, 0.4) is 0 Å². The molecule has 1 unspecified atom stereocenters. The van der Waals surface area contributed by atoms with Crippen LogP contribution in [0.25, 0.3) is 0 Å². The van der Waals surface area contributed by atoms with Crippen LogP contribution in [0.5, 0.6) is 5.75 Å². The first-order valence-electron chi connectivity index (χ1n) is 6.51. The van der Waals surface area contributed by atoms with Gasteiger partial charge in [0.15, 0.2) is 5.78 Å². The van der Waals surface area contributed by atoms with Gasteiger partial charge in [-0.15, -0.1) is 4.31 Å². The summed E-state index contributed by atoms with van der Waals surface area (Å²) >= 11 is 0. The van der Waals surface area contributed by atoms with Gasteiger partial charge in [0, 0.05) is 11.1 Å². The first-order valence-corrected chi connectivity index (χ1v) is 7.87. The first-order chi connectivity index (χ1) is 10.1. The quantitative estimate of drug-likeness (QED) is 0.628. The van der Waals surface area contributed by atoms with Gasteiger partial charge in [0.1, 0.15) is 11.8 Å². The molecule has 0 N–H and O–H groups in total. The van der Waals surface area contributed by atoms with Gasteiger partial charge in [-0.3, -0.25) is 4.79 Å². The summed E-state index contributed by atoms with van der Waals surface area (Å²) in [7, 11) is -3.89. The highest BCUT2D eigenvalue weighted by Gasteiger charge is 2.64. The Morgan fingerprint density at radius 1 is 1.00 bits per heavy atom. The normalized spacial score (nSPS) is 27.9. The van der Waals surface area contributed by atoms with E-state index in [4.69, 9.17) is 4.18 Å². The van der Waals surface area contributed by atoms with E-state index in [1.165, 1.54) is 0 Å². The topological polar surface area (TPSA) is 63.5 Å². The maximum Gasteiger partial charge on any atom is 0.386 e. The fraction of sp³-hybridized carbons (Fsp3) is 0.133. The summed E-state index contributed by atoms with van der Waals surface area (Å²) in [6.45, 7) is 0. The zero-order chi connectivity index (χ0) is 14.6. The summed E-state index contributed by atoms with van der Waals surface area (Å²) in [6.07, 6.45) is 0. The fourth-order valence-electron chi connectivity index (χ4n) is 2.79. The summed E-state index contributed by atoms with van der Waals surface area (Å²) in [6, 6.07) is 14.5. The maximum absolute atomic E-state index is 12.5. The third-order valence-corrected chi connectivity index (χ3v) is 5.14. The van der Waals surface area contributed by atoms with Crippen molar-refractivity contribution >= 4 is 16.1 Å². The van der Waals surface area contributed by atoms with E-state index in [9.17, 15) is 13.2 Å². The number of nitrogens with zero attached hydrogens (tertiary/aromatic N) is 1. The molecule has 106 valence electrons. The molecule has 2 heterocycles. The molecule has 0 amide bonds. The van der Waals surface area contributed by atoms with E-state index in [0.29, 0.717) is 11.3 Å². The molecule has 2 aliphatic heterocycles. The van der Waals surface area contributed by atoms with Gasteiger partial charge in [-0.1, -0.05) is 48.5 Å².